The summed E-state index contributed by atoms with van der Waals surface area (Å²) >= 11 is 5.77. The number of carbonyl (C=O) groups excluding carboxylic acids is 2. The fourth-order valence-electron chi connectivity index (χ4n) is 2.26. The lowest BCUT2D eigenvalue weighted by atomic mass is 10.2. The van der Waals surface area contributed by atoms with Crippen LogP contribution in [0.1, 0.15) is 8.29 Å². The molecule has 6 heteroatoms. The number of anilines is 1. The number of rotatable bonds is 1. The number of urea groups is 1. The van der Waals surface area contributed by atoms with Crippen LogP contribution < -0.4 is 4.90 Å². The Kier molecular flexibility index (Phi) is 2.13. The van der Waals surface area contributed by atoms with Crippen LogP contribution in [0, 0.1) is 0 Å². The van der Waals surface area contributed by atoms with Gasteiger partial charge in [0.1, 0.15) is 0 Å². The van der Waals surface area contributed by atoms with Crippen LogP contribution in [0.5, 0.6) is 0 Å². The van der Waals surface area contributed by atoms with Crippen molar-refractivity contribution in [3.8, 4) is 0 Å². The Morgan fingerprint density at radius 3 is 2.89 bits per heavy atom. The van der Waals surface area contributed by atoms with Crippen LogP contribution in [0.15, 0.2) is 24.2 Å². The van der Waals surface area contributed by atoms with Crippen molar-refractivity contribution < 1.29 is 15.7 Å². The molecule has 1 unspecified atom stereocenters. The molecule has 0 aliphatic carbocycles. The lowest BCUT2D eigenvalue weighted by molar-refractivity contribution is -0.140. The molecule has 3 rings (SSSR count). The summed E-state index contributed by atoms with van der Waals surface area (Å²) < 4.78 is 13.0. The van der Waals surface area contributed by atoms with Crippen LogP contribution >= 0.6 is 11.6 Å². The largest absolute Gasteiger partial charge is 0.345 e. The minimum atomic E-state index is -1.22. The maximum Gasteiger partial charge on any atom is 0.334 e. The van der Waals surface area contributed by atoms with E-state index >= 15 is 0 Å². The zero-order valence-electron chi connectivity index (χ0n) is 10.6. The first-order chi connectivity index (χ1) is 8.95. The Bertz CT molecular complexity index is 594. The van der Waals surface area contributed by atoms with Gasteiger partial charge >= 0.3 is 6.03 Å². The van der Waals surface area contributed by atoms with Gasteiger partial charge in [0.2, 0.25) is 5.72 Å². The molecule has 1 aromatic carbocycles. The van der Waals surface area contributed by atoms with Crippen LogP contribution in [-0.4, -0.2) is 35.7 Å². The van der Waals surface area contributed by atoms with Crippen molar-refractivity contribution in [3.63, 3.8) is 0 Å². The van der Waals surface area contributed by atoms with Gasteiger partial charge in [-0.05, 0) is 31.2 Å². The van der Waals surface area contributed by atoms with Crippen molar-refractivity contribution in [3.05, 3.63) is 29.3 Å². The third kappa shape index (κ3) is 1.38. The predicted octanol–water partition coefficient (Wildman–Crippen LogP) is 1.85. The molecule has 0 N–H and O–H groups in total. The molecular formula is C12H11ClN2O3. The third-order valence-corrected chi connectivity index (χ3v) is 3.49. The Morgan fingerprint density at radius 2 is 2.22 bits per heavy atom. The molecule has 0 aromatic heterocycles. The van der Waals surface area contributed by atoms with Gasteiger partial charge in [-0.3, -0.25) is 9.69 Å². The maximum atomic E-state index is 12.4. The first-order valence-corrected chi connectivity index (χ1v) is 5.89. The number of carbonyl (C=O) groups is 2. The van der Waals surface area contributed by atoms with Crippen molar-refractivity contribution in [2.75, 3.05) is 18.1 Å². The first-order valence-electron chi connectivity index (χ1n) is 6.01. The van der Waals surface area contributed by atoms with Gasteiger partial charge in [0, 0.05) is 11.6 Å². The van der Waals surface area contributed by atoms with E-state index in [1.807, 2.05) is 0 Å². The number of halogens is 1. The average Bonchev–Trinajstić information content (AvgIpc) is 2.83. The molecular weight excluding hydrogens is 256 g/mol. The quantitative estimate of drug-likeness (QED) is 0.730. The average molecular weight is 268 g/mol. The molecule has 18 heavy (non-hydrogen) atoms. The molecule has 0 bridgehead atoms. The number of nitrogens with zero attached hydrogens (tertiary/aromatic N) is 2. The minimum absolute atomic E-state index is 0.0675. The maximum absolute atomic E-state index is 12.4. The number of hydrogen-bond donors (Lipinski definition) is 0. The molecule has 1 atom stereocenters. The number of imide groups is 1. The number of ether oxygens (including phenoxy) is 1. The zero-order valence-corrected chi connectivity index (χ0v) is 10.4. The summed E-state index contributed by atoms with van der Waals surface area (Å²) in [5, 5.41) is 0.269. The topological polar surface area (TPSA) is 49.9 Å². The highest BCUT2D eigenvalue weighted by molar-refractivity contribution is 6.30. The Balaban J connectivity index is 2.04. The van der Waals surface area contributed by atoms with Crippen LogP contribution in [0.4, 0.5) is 10.5 Å². The van der Waals surface area contributed by atoms with E-state index in [1.54, 1.807) is 13.0 Å². The fourth-order valence-corrected chi connectivity index (χ4v) is 2.38. The molecule has 0 spiro atoms. The van der Waals surface area contributed by atoms with Crippen LogP contribution in [0.3, 0.4) is 0 Å². The minimum Gasteiger partial charge on any atom is -0.345 e. The number of benzene rings is 1. The lowest BCUT2D eigenvalue weighted by Gasteiger charge is -2.20. The molecule has 94 valence electrons. The standard InChI is InChI=1S/C12H11ClN2O3/c1-12-10(16)15(9-4-2-8(13)3-5-9)11(17)14(12)6-7-18-12/h2-5H,6-7H2,1H3/i2D. The highest BCUT2D eigenvalue weighted by atomic mass is 35.5. The molecule has 2 aliphatic rings. The van der Waals surface area contributed by atoms with Gasteiger partial charge in [0.05, 0.1) is 13.7 Å². The molecule has 2 heterocycles. The predicted molar refractivity (Wildman–Crippen MR) is 65.4 cm³/mol. The Hall–Kier alpha value is -1.59. The lowest BCUT2D eigenvalue weighted by Crippen LogP contribution is -2.43. The van der Waals surface area contributed by atoms with Crippen molar-refractivity contribution in [2.24, 2.45) is 0 Å². The first kappa shape index (κ1) is 10.3. The summed E-state index contributed by atoms with van der Waals surface area (Å²) in [6, 6.07) is 4.07. The molecule has 0 saturated carbocycles. The number of hydrogen-bond acceptors (Lipinski definition) is 3. The summed E-state index contributed by atoms with van der Waals surface area (Å²) in [4.78, 5) is 27.0. The molecule has 3 amide bonds. The summed E-state index contributed by atoms with van der Waals surface area (Å²) in [5.74, 6) is -0.434. The molecule has 2 fully saturated rings. The van der Waals surface area contributed by atoms with Crippen LogP contribution in [0.25, 0.3) is 0 Å². The van der Waals surface area contributed by atoms with Gasteiger partial charge in [-0.1, -0.05) is 11.6 Å². The summed E-state index contributed by atoms with van der Waals surface area (Å²) in [5.41, 5.74) is -0.887. The molecule has 2 aliphatic heterocycles. The van der Waals surface area contributed by atoms with Gasteiger partial charge in [-0.25, -0.2) is 9.69 Å². The van der Waals surface area contributed by atoms with E-state index in [9.17, 15) is 9.59 Å². The summed E-state index contributed by atoms with van der Waals surface area (Å²) in [7, 11) is 0. The SMILES string of the molecule is [2H]c1cc(N2C(=O)N3CCOC3(C)C2=O)ccc1Cl. The van der Waals surface area contributed by atoms with E-state index in [-0.39, 0.29) is 11.1 Å². The van der Waals surface area contributed by atoms with E-state index in [4.69, 9.17) is 17.7 Å². The van der Waals surface area contributed by atoms with Gasteiger partial charge in [-0.2, -0.15) is 0 Å². The van der Waals surface area contributed by atoms with E-state index < -0.39 is 17.7 Å². The number of fused-ring (bicyclic) bond motifs is 1. The zero-order chi connectivity index (χ0) is 13.8. The van der Waals surface area contributed by atoms with Crippen molar-refractivity contribution in [2.45, 2.75) is 12.6 Å². The van der Waals surface area contributed by atoms with E-state index in [0.29, 0.717) is 18.8 Å². The molecule has 0 radical (unpaired) electrons. The van der Waals surface area contributed by atoms with Crippen molar-refractivity contribution in [1.29, 1.82) is 0 Å². The van der Waals surface area contributed by atoms with E-state index in [1.165, 1.54) is 17.0 Å². The Morgan fingerprint density at radius 1 is 1.44 bits per heavy atom. The van der Waals surface area contributed by atoms with Crippen molar-refractivity contribution >= 4 is 29.2 Å². The van der Waals surface area contributed by atoms with Gasteiger partial charge in [-0.15, -0.1) is 0 Å². The van der Waals surface area contributed by atoms with Crippen molar-refractivity contribution in [1.82, 2.24) is 4.90 Å². The second-order valence-electron chi connectivity index (χ2n) is 4.30. The molecule has 5 nitrogen and oxygen atoms in total. The third-order valence-electron chi connectivity index (χ3n) is 3.25. The normalized spacial score (nSPS) is 27.8. The number of amides is 3. The monoisotopic (exact) mass is 267 g/mol. The van der Waals surface area contributed by atoms with Gasteiger partial charge in [0.25, 0.3) is 5.91 Å². The molecule has 2 saturated heterocycles. The smallest absolute Gasteiger partial charge is 0.334 e. The fraction of sp³-hybridized carbons (Fsp3) is 0.333. The highest BCUT2D eigenvalue weighted by Crippen LogP contribution is 2.36. The van der Waals surface area contributed by atoms with E-state index in [2.05, 4.69) is 0 Å². The van der Waals surface area contributed by atoms with Gasteiger partial charge < -0.3 is 4.74 Å². The van der Waals surface area contributed by atoms with Crippen LogP contribution in [0.2, 0.25) is 5.02 Å². The van der Waals surface area contributed by atoms with Gasteiger partial charge in [0.15, 0.2) is 0 Å². The summed E-state index contributed by atoms with van der Waals surface area (Å²) in [6.07, 6.45) is 0. The second kappa shape index (κ2) is 3.70. The summed E-state index contributed by atoms with van der Waals surface area (Å²) in [6.45, 7) is 2.32. The molecule has 1 aromatic rings. The highest BCUT2D eigenvalue weighted by Gasteiger charge is 2.58. The Labute approximate surface area is 110 Å². The van der Waals surface area contributed by atoms with E-state index in [0.717, 1.165) is 4.90 Å². The van der Waals surface area contributed by atoms with Crippen LogP contribution in [-0.2, 0) is 9.53 Å². The second-order valence-corrected chi connectivity index (χ2v) is 4.71.